The summed E-state index contributed by atoms with van der Waals surface area (Å²) in [5.74, 6) is -0.157. The minimum Gasteiger partial charge on any atom is -0.380 e. The lowest BCUT2D eigenvalue weighted by Gasteiger charge is -2.01. The van der Waals surface area contributed by atoms with Gasteiger partial charge >= 0.3 is 5.97 Å². The summed E-state index contributed by atoms with van der Waals surface area (Å²) in [5, 5.41) is 3.60. The maximum absolute atomic E-state index is 11.5. The molecular weight excluding hydrogens is 274 g/mol. The first kappa shape index (κ1) is 14.1. The molecular formula is C14H13N3O2S. The summed E-state index contributed by atoms with van der Waals surface area (Å²) >= 11 is 1.38. The second kappa shape index (κ2) is 7.30. The van der Waals surface area contributed by atoms with E-state index in [0.717, 1.165) is 4.90 Å². The first-order valence-electron chi connectivity index (χ1n) is 5.87. The molecule has 0 atom stereocenters. The highest BCUT2D eigenvalue weighted by Crippen LogP contribution is 2.16. The number of amidine groups is 1. The maximum atomic E-state index is 11.5. The van der Waals surface area contributed by atoms with Gasteiger partial charge in [0.15, 0.2) is 5.84 Å². The van der Waals surface area contributed by atoms with E-state index in [1.165, 1.54) is 11.8 Å². The molecule has 2 rings (SSSR count). The number of oxime groups is 1. The molecule has 0 aliphatic heterocycles. The molecule has 5 nitrogen and oxygen atoms in total. The van der Waals surface area contributed by atoms with Gasteiger partial charge in [-0.2, -0.15) is 0 Å². The number of rotatable bonds is 5. The number of hydrogen-bond acceptors (Lipinski definition) is 5. The fourth-order valence-electron chi connectivity index (χ4n) is 1.35. The molecule has 102 valence electrons. The van der Waals surface area contributed by atoms with Gasteiger partial charge in [-0.15, -0.1) is 11.8 Å². The van der Waals surface area contributed by atoms with Crippen LogP contribution in [0.2, 0.25) is 0 Å². The molecule has 2 N–H and O–H groups in total. The number of benzene rings is 1. The first-order chi connectivity index (χ1) is 9.75. The van der Waals surface area contributed by atoms with Gasteiger partial charge in [0.1, 0.15) is 0 Å². The molecule has 1 aromatic carbocycles. The first-order valence-corrected chi connectivity index (χ1v) is 6.86. The lowest BCUT2D eigenvalue weighted by molar-refractivity contribution is -0.140. The van der Waals surface area contributed by atoms with Gasteiger partial charge in [-0.3, -0.25) is 4.98 Å². The molecule has 1 heterocycles. The third-order valence-corrected chi connectivity index (χ3v) is 3.29. The lowest BCUT2D eigenvalue weighted by atomic mass is 10.3. The van der Waals surface area contributed by atoms with E-state index in [-0.39, 0.29) is 11.6 Å². The average molecular weight is 287 g/mol. The average Bonchev–Trinajstić information content (AvgIpc) is 2.52. The number of carbonyl (C=O) groups excluding carboxylic acids is 1. The van der Waals surface area contributed by atoms with E-state index in [1.807, 2.05) is 30.3 Å². The van der Waals surface area contributed by atoms with Gasteiger partial charge in [0.2, 0.25) is 0 Å². The van der Waals surface area contributed by atoms with E-state index >= 15 is 0 Å². The highest BCUT2D eigenvalue weighted by atomic mass is 32.2. The molecule has 6 heteroatoms. The van der Waals surface area contributed by atoms with E-state index in [1.54, 1.807) is 24.5 Å². The fourth-order valence-corrected chi connectivity index (χ4v) is 2.04. The summed E-state index contributed by atoms with van der Waals surface area (Å²) in [5.41, 5.74) is 6.28. The van der Waals surface area contributed by atoms with Crippen molar-refractivity contribution in [3.63, 3.8) is 0 Å². The van der Waals surface area contributed by atoms with Gasteiger partial charge in [0.05, 0.1) is 5.75 Å². The van der Waals surface area contributed by atoms with E-state index < -0.39 is 5.97 Å². The minimum atomic E-state index is -0.453. The number of nitrogens with zero attached hydrogens (tertiary/aromatic N) is 2. The van der Waals surface area contributed by atoms with Crippen molar-refractivity contribution in [3.8, 4) is 0 Å². The molecule has 0 fully saturated rings. The Bertz CT molecular complexity index is 588. The Balaban J connectivity index is 1.83. The maximum Gasteiger partial charge on any atom is 0.345 e. The molecule has 0 radical (unpaired) electrons. The van der Waals surface area contributed by atoms with Gasteiger partial charge in [0, 0.05) is 22.9 Å². The van der Waals surface area contributed by atoms with Crippen molar-refractivity contribution in [3.05, 3.63) is 60.4 Å². The zero-order valence-electron chi connectivity index (χ0n) is 10.6. The molecule has 0 aliphatic rings. The predicted molar refractivity (Wildman–Crippen MR) is 78.2 cm³/mol. The molecule has 0 unspecified atom stereocenters. The van der Waals surface area contributed by atoms with Crippen LogP contribution in [0, 0.1) is 0 Å². The van der Waals surface area contributed by atoms with Crippen LogP contribution in [-0.2, 0) is 9.63 Å². The lowest BCUT2D eigenvalue weighted by Crippen LogP contribution is -2.15. The second-order valence-corrected chi connectivity index (χ2v) is 4.83. The van der Waals surface area contributed by atoms with Gasteiger partial charge in [-0.05, 0) is 24.3 Å². The molecule has 1 aromatic heterocycles. The highest BCUT2D eigenvalue weighted by molar-refractivity contribution is 8.00. The highest BCUT2D eigenvalue weighted by Gasteiger charge is 2.05. The molecule has 0 saturated heterocycles. The van der Waals surface area contributed by atoms with Crippen LogP contribution in [0.15, 0.2) is 64.9 Å². The fraction of sp³-hybridized carbons (Fsp3) is 0.0714. The quantitative estimate of drug-likeness (QED) is 0.299. The summed E-state index contributed by atoms with van der Waals surface area (Å²) in [4.78, 5) is 21.2. The summed E-state index contributed by atoms with van der Waals surface area (Å²) < 4.78 is 0. The van der Waals surface area contributed by atoms with Gasteiger partial charge in [-0.25, -0.2) is 4.79 Å². The van der Waals surface area contributed by atoms with Crippen LogP contribution in [0.1, 0.15) is 5.56 Å². The van der Waals surface area contributed by atoms with Crippen LogP contribution < -0.4 is 5.73 Å². The van der Waals surface area contributed by atoms with E-state index in [2.05, 4.69) is 10.1 Å². The molecule has 0 amide bonds. The van der Waals surface area contributed by atoms with Crippen LogP contribution in [0.25, 0.3) is 0 Å². The number of carbonyl (C=O) groups is 1. The van der Waals surface area contributed by atoms with E-state index in [9.17, 15) is 4.79 Å². The zero-order valence-corrected chi connectivity index (χ0v) is 11.4. The van der Waals surface area contributed by atoms with E-state index in [0.29, 0.717) is 5.56 Å². The number of pyridine rings is 1. The van der Waals surface area contributed by atoms with Crippen LogP contribution in [0.4, 0.5) is 0 Å². The van der Waals surface area contributed by atoms with Gasteiger partial charge in [-0.1, -0.05) is 23.4 Å². The molecule has 0 spiro atoms. The van der Waals surface area contributed by atoms with Crippen LogP contribution in [-0.4, -0.2) is 22.5 Å². The van der Waals surface area contributed by atoms with Crippen LogP contribution >= 0.6 is 11.8 Å². The molecule has 0 aliphatic carbocycles. The Kier molecular flexibility index (Phi) is 5.14. The van der Waals surface area contributed by atoms with Gasteiger partial charge < -0.3 is 10.6 Å². The Labute approximate surface area is 120 Å². The largest absolute Gasteiger partial charge is 0.380 e. The van der Waals surface area contributed by atoms with Crippen molar-refractivity contribution in [2.75, 3.05) is 5.75 Å². The van der Waals surface area contributed by atoms with Crippen molar-refractivity contribution >= 4 is 23.6 Å². The molecule has 2 aromatic rings. The standard InChI is InChI=1S/C14H13N3O2S/c15-14(11-5-4-8-16-9-11)17-19-13(18)10-20-12-6-2-1-3-7-12/h1-9H,10H2,(H2,15,17). The Morgan fingerprint density at radius 3 is 2.75 bits per heavy atom. The zero-order chi connectivity index (χ0) is 14.2. The Morgan fingerprint density at radius 1 is 1.25 bits per heavy atom. The van der Waals surface area contributed by atoms with Crippen molar-refractivity contribution in [2.45, 2.75) is 4.90 Å². The number of thioether (sulfide) groups is 1. The monoisotopic (exact) mass is 287 g/mol. The van der Waals surface area contributed by atoms with Crippen LogP contribution in [0.3, 0.4) is 0 Å². The molecule has 20 heavy (non-hydrogen) atoms. The predicted octanol–water partition coefficient (Wildman–Crippen LogP) is 2.04. The smallest absolute Gasteiger partial charge is 0.345 e. The SMILES string of the molecule is N/C(=N/OC(=O)CSc1ccccc1)c1cccnc1. The summed E-state index contributed by atoms with van der Waals surface area (Å²) in [6.45, 7) is 0. The number of hydrogen-bond donors (Lipinski definition) is 1. The topological polar surface area (TPSA) is 77.6 Å². The van der Waals surface area contributed by atoms with E-state index in [4.69, 9.17) is 10.6 Å². The number of nitrogens with two attached hydrogens (primary N) is 1. The normalized spacial score (nSPS) is 11.1. The van der Waals surface area contributed by atoms with Crippen molar-refractivity contribution in [1.82, 2.24) is 4.98 Å². The Hall–Kier alpha value is -2.34. The van der Waals surface area contributed by atoms with Crippen molar-refractivity contribution in [1.29, 1.82) is 0 Å². The molecule has 0 bridgehead atoms. The number of aromatic nitrogens is 1. The van der Waals surface area contributed by atoms with Crippen molar-refractivity contribution < 1.29 is 9.63 Å². The second-order valence-electron chi connectivity index (χ2n) is 3.78. The van der Waals surface area contributed by atoms with Crippen LogP contribution in [0.5, 0.6) is 0 Å². The van der Waals surface area contributed by atoms with Crippen molar-refractivity contribution in [2.24, 2.45) is 10.9 Å². The third-order valence-electron chi connectivity index (χ3n) is 2.30. The Morgan fingerprint density at radius 2 is 2.05 bits per heavy atom. The third kappa shape index (κ3) is 4.40. The molecule has 0 saturated carbocycles. The van der Waals surface area contributed by atoms with Gasteiger partial charge in [0.25, 0.3) is 0 Å². The summed E-state index contributed by atoms with van der Waals surface area (Å²) in [6, 6.07) is 13.0. The summed E-state index contributed by atoms with van der Waals surface area (Å²) in [6.07, 6.45) is 3.17. The summed E-state index contributed by atoms with van der Waals surface area (Å²) in [7, 11) is 0. The minimum absolute atomic E-state index is 0.121.